The summed E-state index contributed by atoms with van der Waals surface area (Å²) in [7, 11) is 1.66. The van der Waals surface area contributed by atoms with E-state index in [-0.39, 0.29) is 0 Å². The van der Waals surface area contributed by atoms with E-state index in [1.165, 1.54) is 0 Å². The van der Waals surface area contributed by atoms with Crippen LogP contribution >= 0.6 is 11.8 Å². The summed E-state index contributed by atoms with van der Waals surface area (Å²) in [5.74, 6) is 2.09. The molecule has 0 radical (unpaired) electrons. The largest absolute Gasteiger partial charge is 0.497 e. The van der Waals surface area contributed by atoms with Gasteiger partial charge < -0.3 is 9.47 Å². The molecule has 124 valence electrons. The predicted octanol–water partition coefficient (Wildman–Crippen LogP) is 5.52. The van der Waals surface area contributed by atoms with Gasteiger partial charge in [-0.25, -0.2) is 0 Å². The lowest BCUT2D eigenvalue weighted by molar-refractivity contribution is 0.414. The van der Waals surface area contributed by atoms with Crippen LogP contribution in [0.5, 0.6) is 11.5 Å². The van der Waals surface area contributed by atoms with E-state index in [4.69, 9.17) is 9.47 Å². The van der Waals surface area contributed by atoms with Crippen molar-refractivity contribution in [3.63, 3.8) is 0 Å². The maximum Gasteiger partial charge on any atom is 0.145 e. The topological polar surface area (TPSA) is 42.2 Å². The van der Waals surface area contributed by atoms with Crippen LogP contribution in [-0.4, -0.2) is 7.11 Å². The molecule has 3 rings (SSSR count). The van der Waals surface area contributed by atoms with Crippen molar-refractivity contribution < 1.29 is 9.47 Å². The molecule has 4 heteroatoms. The van der Waals surface area contributed by atoms with Crippen molar-refractivity contribution >= 4 is 11.8 Å². The first kappa shape index (κ1) is 16.9. The zero-order valence-corrected chi connectivity index (χ0v) is 14.7. The SMILES string of the molecule is C=C1CC=CC(Oc2ccc(Sc3ccc(OC)cc3)cc2)=C1C#N. The molecule has 3 nitrogen and oxygen atoms in total. The molecule has 0 aliphatic heterocycles. The highest BCUT2D eigenvalue weighted by Gasteiger charge is 2.13. The van der Waals surface area contributed by atoms with E-state index < -0.39 is 0 Å². The van der Waals surface area contributed by atoms with Gasteiger partial charge in [0.25, 0.3) is 0 Å². The third-order valence-corrected chi connectivity index (χ3v) is 4.71. The minimum absolute atomic E-state index is 0.513. The number of methoxy groups -OCH3 is 1. The standard InChI is InChI=1S/C21H17NO2S/c1-15-4-3-5-21(20(15)14-22)24-17-8-12-19(13-9-17)25-18-10-6-16(23-2)7-11-18/h3,5-13H,1,4H2,2H3. The number of benzene rings is 2. The molecule has 0 spiro atoms. The molecular formula is C21H17NO2S. The molecule has 0 saturated carbocycles. The van der Waals surface area contributed by atoms with Gasteiger partial charge >= 0.3 is 0 Å². The van der Waals surface area contributed by atoms with E-state index >= 15 is 0 Å². The first-order valence-corrected chi connectivity index (χ1v) is 8.60. The maximum absolute atomic E-state index is 9.26. The Balaban J connectivity index is 1.71. The fourth-order valence-electron chi connectivity index (χ4n) is 2.37. The Morgan fingerprint density at radius 3 is 2.16 bits per heavy atom. The number of ether oxygens (including phenoxy) is 2. The normalized spacial score (nSPS) is 13.5. The van der Waals surface area contributed by atoms with Gasteiger partial charge in [0, 0.05) is 9.79 Å². The predicted molar refractivity (Wildman–Crippen MR) is 99.7 cm³/mol. The van der Waals surface area contributed by atoms with Crippen LogP contribution in [0.3, 0.4) is 0 Å². The third kappa shape index (κ3) is 4.14. The van der Waals surface area contributed by atoms with Crippen LogP contribution in [-0.2, 0) is 0 Å². The lowest BCUT2D eigenvalue weighted by atomic mass is 10.00. The van der Waals surface area contributed by atoms with E-state index in [2.05, 4.69) is 12.6 Å². The number of nitrogens with zero attached hydrogens (tertiary/aromatic N) is 1. The van der Waals surface area contributed by atoms with Crippen molar-refractivity contribution in [2.75, 3.05) is 7.11 Å². The van der Waals surface area contributed by atoms with Crippen molar-refractivity contribution in [2.45, 2.75) is 16.2 Å². The van der Waals surface area contributed by atoms with E-state index in [9.17, 15) is 5.26 Å². The second kappa shape index (κ2) is 7.78. The van der Waals surface area contributed by atoms with Crippen LogP contribution in [0.1, 0.15) is 6.42 Å². The zero-order chi connectivity index (χ0) is 17.6. The molecule has 1 aliphatic rings. The monoisotopic (exact) mass is 347 g/mol. The highest BCUT2D eigenvalue weighted by Crippen LogP contribution is 2.31. The fraction of sp³-hybridized carbons (Fsp3) is 0.0952. The minimum Gasteiger partial charge on any atom is -0.497 e. The van der Waals surface area contributed by atoms with Gasteiger partial charge in [0.05, 0.1) is 12.7 Å². The Bertz CT molecular complexity index is 872. The molecule has 0 heterocycles. The van der Waals surface area contributed by atoms with Gasteiger partial charge in [0.1, 0.15) is 23.3 Å². The van der Waals surface area contributed by atoms with Crippen molar-refractivity contribution in [2.24, 2.45) is 0 Å². The van der Waals surface area contributed by atoms with Crippen molar-refractivity contribution in [1.82, 2.24) is 0 Å². The van der Waals surface area contributed by atoms with E-state index in [0.29, 0.717) is 23.5 Å². The molecule has 2 aromatic rings. The lowest BCUT2D eigenvalue weighted by Gasteiger charge is -2.14. The van der Waals surface area contributed by atoms with E-state index in [1.807, 2.05) is 60.7 Å². The van der Waals surface area contributed by atoms with Gasteiger partial charge in [0.15, 0.2) is 0 Å². The van der Waals surface area contributed by atoms with Crippen LogP contribution in [0.4, 0.5) is 0 Å². The van der Waals surface area contributed by atoms with Crippen LogP contribution in [0.15, 0.2) is 94.0 Å². The smallest absolute Gasteiger partial charge is 0.145 e. The van der Waals surface area contributed by atoms with Gasteiger partial charge in [0.2, 0.25) is 0 Å². The van der Waals surface area contributed by atoms with Crippen LogP contribution in [0.25, 0.3) is 0 Å². The molecule has 2 aromatic carbocycles. The molecule has 0 unspecified atom stereocenters. The molecule has 25 heavy (non-hydrogen) atoms. The number of rotatable bonds is 5. The van der Waals surface area contributed by atoms with Gasteiger partial charge in [-0.1, -0.05) is 24.4 Å². The van der Waals surface area contributed by atoms with Crippen LogP contribution in [0, 0.1) is 11.3 Å². The number of hydrogen-bond donors (Lipinski definition) is 0. The molecule has 0 bridgehead atoms. The molecule has 0 amide bonds. The summed E-state index contributed by atoms with van der Waals surface area (Å²) in [5, 5.41) is 9.26. The van der Waals surface area contributed by atoms with Gasteiger partial charge in [-0.2, -0.15) is 5.26 Å². The first-order chi connectivity index (χ1) is 12.2. The summed E-state index contributed by atoms with van der Waals surface area (Å²) in [6, 6.07) is 17.9. The Hall–Kier alpha value is -2.90. The van der Waals surface area contributed by atoms with Crippen LogP contribution in [0.2, 0.25) is 0 Å². The van der Waals surface area contributed by atoms with Crippen molar-refractivity contribution in [3.8, 4) is 17.6 Å². The third-order valence-electron chi connectivity index (χ3n) is 3.69. The van der Waals surface area contributed by atoms with Gasteiger partial charge in [-0.3, -0.25) is 0 Å². The highest BCUT2D eigenvalue weighted by atomic mass is 32.2. The second-order valence-corrected chi connectivity index (χ2v) is 6.56. The van der Waals surface area contributed by atoms with Gasteiger partial charge in [-0.05, 0) is 66.6 Å². The minimum atomic E-state index is 0.513. The zero-order valence-electron chi connectivity index (χ0n) is 13.9. The van der Waals surface area contributed by atoms with Crippen molar-refractivity contribution in [3.05, 3.63) is 84.2 Å². The number of allylic oxidation sites excluding steroid dienone is 4. The highest BCUT2D eigenvalue weighted by molar-refractivity contribution is 7.99. The summed E-state index contributed by atoms with van der Waals surface area (Å²) in [6.45, 7) is 3.91. The summed E-state index contributed by atoms with van der Waals surface area (Å²) >= 11 is 1.66. The molecular weight excluding hydrogens is 330 g/mol. The molecule has 0 saturated heterocycles. The van der Waals surface area contributed by atoms with Crippen LogP contribution < -0.4 is 9.47 Å². The number of hydrogen-bond acceptors (Lipinski definition) is 4. The molecule has 0 aromatic heterocycles. The molecule has 1 aliphatic carbocycles. The summed E-state index contributed by atoms with van der Waals surface area (Å²) in [6.07, 6.45) is 4.47. The summed E-state index contributed by atoms with van der Waals surface area (Å²) in [4.78, 5) is 2.24. The van der Waals surface area contributed by atoms with E-state index in [1.54, 1.807) is 18.9 Å². The number of nitriles is 1. The second-order valence-electron chi connectivity index (χ2n) is 5.41. The average Bonchev–Trinajstić information content (AvgIpc) is 2.64. The molecule has 0 atom stereocenters. The van der Waals surface area contributed by atoms with E-state index in [0.717, 1.165) is 21.1 Å². The fourth-order valence-corrected chi connectivity index (χ4v) is 3.19. The molecule has 0 N–H and O–H groups in total. The first-order valence-electron chi connectivity index (χ1n) is 7.78. The summed E-state index contributed by atoms with van der Waals surface area (Å²) < 4.78 is 11.0. The van der Waals surface area contributed by atoms with Gasteiger partial charge in [-0.15, -0.1) is 0 Å². The Morgan fingerprint density at radius 2 is 1.60 bits per heavy atom. The lowest BCUT2D eigenvalue weighted by Crippen LogP contribution is -2.02. The van der Waals surface area contributed by atoms with Crippen molar-refractivity contribution in [1.29, 1.82) is 5.26 Å². The molecule has 0 fully saturated rings. The quantitative estimate of drug-likeness (QED) is 0.714. The average molecular weight is 347 g/mol. The Labute approximate surface area is 151 Å². The Morgan fingerprint density at radius 1 is 1.00 bits per heavy atom. The summed E-state index contributed by atoms with van der Waals surface area (Å²) in [5.41, 5.74) is 1.30. The Kier molecular flexibility index (Phi) is 5.27. The maximum atomic E-state index is 9.26.